The number of nitrogens with zero attached hydrogens (tertiary/aromatic N) is 1. The van der Waals surface area contributed by atoms with Crippen LogP contribution in [0.4, 0.5) is 4.79 Å². The van der Waals surface area contributed by atoms with Crippen molar-refractivity contribution in [2.75, 3.05) is 19.7 Å². The minimum atomic E-state index is -0.412. The van der Waals surface area contributed by atoms with Gasteiger partial charge in [-0.2, -0.15) is 0 Å². The van der Waals surface area contributed by atoms with Crippen molar-refractivity contribution in [2.24, 2.45) is 5.92 Å². The maximum atomic E-state index is 11.7. The van der Waals surface area contributed by atoms with Gasteiger partial charge in [-0.05, 0) is 39.5 Å². The first kappa shape index (κ1) is 14.6. The van der Waals surface area contributed by atoms with Crippen LogP contribution in [0.2, 0.25) is 0 Å². The standard InChI is InChI=1S/C15H27NO3/c1-15(2,3)19-14(17)16-9-13(10-16)18-11-12-7-5-4-6-8-12/h12-13H,4-11H2,1-3H3. The molecule has 1 saturated heterocycles. The van der Waals surface area contributed by atoms with Crippen molar-refractivity contribution in [1.82, 2.24) is 4.90 Å². The van der Waals surface area contributed by atoms with E-state index in [2.05, 4.69) is 0 Å². The lowest BCUT2D eigenvalue weighted by Crippen LogP contribution is -2.56. The fraction of sp³-hybridized carbons (Fsp3) is 0.933. The van der Waals surface area contributed by atoms with E-state index in [1.807, 2.05) is 20.8 Å². The zero-order valence-corrected chi connectivity index (χ0v) is 12.5. The van der Waals surface area contributed by atoms with Crippen LogP contribution in [0.5, 0.6) is 0 Å². The third-order valence-electron chi connectivity index (χ3n) is 3.79. The lowest BCUT2D eigenvalue weighted by Gasteiger charge is -2.40. The van der Waals surface area contributed by atoms with Gasteiger partial charge < -0.3 is 14.4 Å². The van der Waals surface area contributed by atoms with Gasteiger partial charge in [0.05, 0.1) is 19.2 Å². The molecule has 1 amide bonds. The summed E-state index contributed by atoms with van der Waals surface area (Å²) in [5.74, 6) is 0.740. The van der Waals surface area contributed by atoms with E-state index in [4.69, 9.17) is 9.47 Å². The minimum absolute atomic E-state index is 0.217. The van der Waals surface area contributed by atoms with E-state index in [1.165, 1.54) is 32.1 Å². The Kier molecular flexibility index (Phi) is 4.71. The Bertz CT molecular complexity index is 299. The molecule has 2 aliphatic rings. The highest BCUT2D eigenvalue weighted by Crippen LogP contribution is 2.25. The third kappa shape index (κ3) is 4.68. The second-order valence-electron chi connectivity index (χ2n) is 6.84. The van der Waals surface area contributed by atoms with Gasteiger partial charge in [0.1, 0.15) is 5.60 Å². The molecule has 0 aromatic carbocycles. The van der Waals surface area contributed by atoms with Crippen LogP contribution in [0, 0.1) is 5.92 Å². The summed E-state index contributed by atoms with van der Waals surface area (Å²) in [5, 5.41) is 0. The van der Waals surface area contributed by atoms with E-state index < -0.39 is 5.60 Å². The fourth-order valence-corrected chi connectivity index (χ4v) is 2.65. The largest absolute Gasteiger partial charge is 0.444 e. The lowest BCUT2D eigenvalue weighted by atomic mass is 9.90. The first-order valence-electron chi connectivity index (χ1n) is 7.53. The summed E-state index contributed by atoms with van der Waals surface area (Å²) in [6, 6.07) is 0. The van der Waals surface area contributed by atoms with Gasteiger partial charge in [-0.3, -0.25) is 0 Å². The number of hydrogen-bond acceptors (Lipinski definition) is 3. The van der Waals surface area contributed by atoms with E-state index in [9.17, 15) is 4.79 Å². The number of ether oxygens (including phenoxy) is 2. The number of carbonyl (C=O) groups excluding carboxylic acids is 1. The summed E-state index contributed by atoms with van der Waals surface area (Å²) in [7, 11) is 0. The molecule has 0 spiro atoms. The van der Waals surface area contributed by atoms with Crippen molar-refractivity contribution < 1.29 is 14.3 Å². The Hall–Kier alpha value is -0.770. The van der Waals surface area contributed by atoms with Crippen molar-refractivity contribution in [1.29, 1.82) is 0 Å². The number of carbonyl (C=O) groups is 1. The molecule has 2 fully saturated rings. The van der Waals surface area contributed by atoms with E-state index in [0.717, 1.165) is 12.5 Å². The van der Waals surface area contributed by atoms with Crippen molar-refractivity contribution in [3.05, 3.63) is 0 Å². The van der Waals surface area contributed by atoms with Gasteiger partial charge in [0.15, 0.2) is 0 Å². The molecule has 1 aliphatic carbocycles. The Balaban J connectivity index is 1.59. The molecule has 1 aliphatic heterocycles. The van der Waals surface area contributed by atoms with Crippen LogP contribution in [0.1, 0.15) is 52.9 Å². The molecule has 1 saturated carbocycles. The zero-order valence-electron chi connectivity index (χ0n) is 12.5. The topological polar surface area (TPSA) is 38.8 Å². The van der Waals surface area contributed by atoms with Crippen LogP contribution in [0.3, 0.4) is 0 Å². The van der Waals surface area contributed by atoms with Crippen LogP contribution in [0.25, 0.3) is 0 Å². The van der Waals surface area contributed by atoms with Crippen molar-refractivity contribution in [3.63, 3.8) is 0 Å². The highest BCUT2D eigenvalue weighted by Gasteiger charge is 2.34. The first-order valence-corrected chi connectivity index (χ1v) is 7.53. The summed E-state index contributed by atoms with van der Waals surface area (Å²) in [5.41, 5.74) is -0.412. The monoisotopic (exact) mass is 269 g/mol. The van der Waals surface area contributed by atoms with Crippen molar-refractivity contribution >= 4 is 6.09 Å². The van der Waals surface area contributed by atoms with Gasteiger partial charge in [0, 0.05) is 6.61 Å². The van der Waals surface area contributed by atoms with Crippen LogP contribution in [-0.2, 0) is 9.47 Å². The first-order chi connectivity index (χ1) is 8.94. The molecule has 0 unspecified atom stereocenters. The molecule has 4 nitrogen and oxygen atoms in total. The summed E-state index contributed by atoms with van der Waals surface area (Å²) in [4.78, 5) is 13.5. The summed E-state index contributed by atoms with van der Waals surface area (Å²) < 4.78 is 11.2. The van der Waals surface area contributed by atoms with E-state index in [0.29, 0.717) is 13.1 Å². The smallest absolute Gasteiger partial charge is 0.410 e. The summed E-state index contributed by atoms with van der Waals surface area (Å²) in [6.07, 6.45) is 6.70. The molecular formula is C15H27NO3. The highest BCUT2D eigenvalue weighted by molar-refractivity contribution is 5.69. The van der Waals surface area contributed by atoms with E-state index in [-0.39, 0.29) is 12.2 Å². The maximum absolute atomic E-state index is 11.7. The molecule has 0 aromatic heterocycles. The second kappa shape index (κ2) is 6.12. The molecule has 4 heteroatoms. The van der Waals surface area contributed by atoms with Gasteiger partial charge in [0.2, 0.25) is 0 Å². The number of likely N-dealkylation sites (tertiary alicyclic amines) is 1. The Morgan fingerprint density at radius 3 is 2.37 bits per heavy atom. The number of hydrogen-bond donors (Lipinski definition) is 0. The third-order valence-corrected chi connectivity index (χ3v) is 3.79. The Morgan fingerprint density at radius 2 is 1.79 bits per heavy atom. The SMILES string of the molecule is CC(C)(C)OC(=O)N1CC(OCC2CCCCC2)C1. The zero-order chi connectivity index (χ0) is 13.9. The molecule has 2 rings (SSSR count). The van der Waals surface area contributed by atoms with E-state index in [1.54, 1.807) is 4.90 Å². The van der Waals surface area contributed by atoms with Crippen molar-refractivity contribution in [2.45, 2.75) is 64.6 Å². The average Bonchev–Trinajstić information content (AvgIpc) is 2.25. The predicted molar refractivity (Wildman–Crippen MR) is 74.1 cm³/mol. The van der Waals surface area contributed by atoms with Gasteiger partial charge in [-0.1, -0.05) is 19.3 Å². The molecule has 1 heterocycles. The molecule has 0 atom stereocenters. The average molecular weight is 269 g/mol. The Labute approximate surface area is 116 Å². The molecule has 0 bridgehead atoms. The second-order valence-corrected chi connectivity index (χ2v) is 6.84. The molecule has 0 aromatic rings. The van der Waals surface area contributed by atoms with Gasteiger partial charge >= 0.3 is 6.09 Å². The lowest BCUT2D eigenvalue weighted by molar-refractivity contribution is -0.0737. The predicted octanol–water partition coefficient (Wildman–Crippen LogP) is 3.20. The van der Waals surface area contributed by atoms with E-state index >= 15 is 0 Å². The fourth-order valence-electron chi connectivity index (χ4n) is 2.65. The minimum Gasteiger partial charge on any atom is -0.444 e. The highest BCUT2D eigenvalue weighted by atomic mass is 16.6. The van der Waals surface area contributed by atoms with Gasteiger partial charge in [-0.15, -0.1) is 0 Å². The van der Waals surface area contributed by atoms with Crippen LogP contribution >= 0.6 is 0 Å². The normalized spacial score (nSPS) is 22.2. The van der Waals surface area contributed by atoms with Crippen LogP contribution < -0.4 is 0 Å². The van der Waals surface area contributed by atoms with Crippen molar-refractivity contribution in [3.8, 4) is 0 Å². The molecule has 19 heavy (non-hydrogen) atoms. The summed E-state index contributed by atoms with van der Waals surface area (Å²) in [6.45, 7) is 7.90. The maximum Gasteiger partial charge on any atom is 0.410 e. The number of rotatable bonds is 3. The Morgan fingerprint density at radius 1 is 1.16 bits per heavy atom. The molecule has 110 valence electrons. The molecule has 0 N–H and O–H groups in total. The van der Waals surface area contributed by atoms with Gasteiger partial charge in [-0.25, -0.2) is 4.79 Å². The van der Waals surface area contributed by atoms with Crippen LogP contribution in [0.15, 0.2) is 0 Å². The molecular weight excluding hydrogens is 242 g/mol. The number of amides is 1. The summed E-state index contributed by atoms with van der Waals surface area (Å²) >= 11 is 0. The molecule has 0 radical (unpaired) electrons. The van der Waals surface area contributed by atoms with Crippen LogP contribution in [-0.4, -0.2) is 42.4 Å². The van der Waals surface area contributed by atoms with Gasteiger partial charge in [0.25, 0.3) is 0 Å². The quantitative estimate of drug-likeness (QED) is 0.789.